The number of ether oxygens (including phenoxy) is 1. The van der Waals surface area contributed by atoms with E-state index in [-0.39, 0.29) is 0 Å². The van der Waals surface area contributed by atoms with Crippen LogP contribution in [0.3, 0.4) is 0 Å². The van der Waals surface area contributed by atoms with Crippen molar-refractivity contribution in [1.29, 1.82) is 0 Å². The van der Waals surface area contributed by atoms with Gasteiger partial charge < -0.3 is 14.6 Å². The maximum atomic E-state index is 5.40. The number of benzene rings is 1. The van der Waals surface area contributed by atoms with Crippen LogP contribution in [0, 0.1) is 5.92 Å². The molecule has 1 aromatic carbocycles. The van der Waals surface area contributed by atoms with Crippen LogP contribution in [0.1, 0.15) is 31.4 Å². The molecule has 2 heterocycles. The largest absolute Gasteiger partial charge is 0.381 e. The van der Waals surface area contributed by atoms with Gasteiger partial charge in [0, 0.05) is 37.3 Å². The van der Waals surface area contributed by atoms with E-state index in [4.69, 9.17) is 4.74 Å². The van der Waals surface area contributed by atoms with Crippen LogP contribution >= 0.6 is 0 Å². The van der Waals surface area contributed by atoms with Crippen LogP contribution in [0.2, 0.25) is 0 Å². The summed E-state index contributed by atoms with van der Waals surface area (Å²) < 4.78 is 7.42. The summed E-state index contributed by atoms with van der Waals surface area (Å²) in [4.78, 5) is 4.08. The number of nitrogens with one attached hydrogen (secondary N) is 1. The van der Waals surface area contributed by atoms with E-state index in [0.717, 1.165) is 31.4 Å². The minimum atomic E-state index is 0.379. The predicted molar refractivity (Wildman–Crippen MR) is 83.5 cm³/mol. The van der Waals surface area contributed by atoms with E-state index in [1.165, 1.54) is 18.4 Å². The number of hydrogen-bond acceptors (Lipinski definition) is 3. The summed E-state index contributed by atoms with van der Waals surface area (Å²) in [6.07, 6.45) is 7.94. The standard InChI is InChI=1S/C17H23N3O/c1-14(19-12-15-6-10-21-11-7-15)16-2-4-17(5-3-16)20-9-8-18-13-20/h2-5,8-9,13-15,19H,6-7,10-12H2,1H3. The van der Waals surface area contributed by atoms with Gasteiger partial charge in [-0.15, -0.1) is 0 Å². The van der Waals surface area contributed by atoms with Gasteiger partial charge in [-0.1, -0.05) is 12.1 Å². The lowest BCUT2D eigenvalue weighted by atomic mass is 9.99. The Hall–Kier alpha value is -1.65. The van der Waals surface area contributed by atoms with Crippen molar-refractivity contribution in [3.05, 3.63) is 48.5 Å². The number of rotatable bonds is 5. The van der Waals surface area contributed by atoms with Crippen molar-refractivity contribution in [2.75, 3.05) is 19.8 Å². The summed E-state index contributed by atoms with van der Waals surface area (Å²) in [7, 11) is 0. The van der Waals surface area contributed by atoms with Crippen molar-refractivity contribution in [2.24, 2.45) is 5.92 Å². The second-order valence-corrected chi connectivity index (χ2v) is 5.75. The number of nitrogens with zero attached hydrogens (tertiary/aromatic N) is 2. The Morgan fingerprint density at radius 3 is 2.71 bits per heavy atom. The number of imidazole rings is 1. The Kier molecular flexibility index (Phi) is 4.68. The Labute approximate surface area is 126 Å². The Morgan fingerprint density at radius 1 is 1.29 bits per heavy atom. The smallest absolute Gasteiger partial charge is 0.0991 e. The molecule has 1 saturated heterocycles. The zero-order valence-corrected chi connectivity index (χ0v) is 12.5. The van der Waals surface area contributed by atoms with Gasteiger partial charge in [-0.25, -0.2) is 4.98 Å². The van der Waals surface area contributed by atoms with Crippen LogP contribution in [-0.4, -0.2) is 29.3 Å². The maximum absolute atomic E-state index is 5.40. The molecule has 2 aromatic rings. The summed E-state index contributed by atoms with van der Waals surface area (Å²) in [5.74, 6) is 0.756. The molecule has 112 valence electrons. The Bertz CT molecular complexity index is 530. The quantitative estimate of drug-likeness (QED) is 0.918. The van der Waals surface area contributed by atoms with E-state index in [2.05, 4.69) is 41.5 Å². The molecule has 1 aliphatic heterocycles. The first-order chi connectivity index (χ1) is 10.3. The summed E-state index contributed by atoms with van der Waals surface area (Å²) in [6.45, 7) is 5.14. The molecule has 4 heteroatoms. The molecule has 0 amide bonds. The molecule has 0 radical (unpaired) electrons. The lowest BCUT2D eigenvalue weighted by Crippen LogP contribution is -2.29. The van der Waals surface area contributed by atoms with Crippen molar-refractivity contribution in [3.63, 3.8) is 0 Å². The lowest BCUT2D eigenvalue weighted by molar-refractivity contribution is 0.0656. The summed E-state index contributed by atoms with van der Waals surface area (Å²) in [5.41, 5.74) is 2.47. The molecule has 1 atom stereocenters. The summed E-state index contributed by atoms with van der Waals surface area (Å²) in [5, 5.41) is 3.65. The predicted octanol–water partition coefficient (Wildman–Crippen LogP) is 2.95. The molecule has 3 rings (SSSR count). The lowest BCUT2D eigenvalue weighted by Gasteiger charge is -2.24. The van der Waals surface area contributed by atoms with Gasteiger partial charge in [0.25, 0.3) is 0 Å². The highest BCUT2D eigenvalue weighted by molar-refractivity contribution is 5.35. The monoisotopic (exact) mass is 285 g/mol. The average Bonchev–Trinajstić information content (AvgIpc) is 3.08. The van der Waals surface area contributed by atoms with Crippen molar-refractivity contribution in [3.8, 4) is 5.69 Å². The Balaban J connectivity index is 1.55. The highest BCUT2D eigenvalue weighted by atomic mass is 16.5. The molecular formula is C17H23N3O. The first-order valence-corrected chi connectivity index (χ1v) is 7.72. The minimum Gasteiger partial charge on any atom is -0.381 e. The average molecular weight is 285 g/mol. The van der Waals surface area contributed by atoms with E-state index in [9.17, 15) is 0 Å². The summed E-state index contributed by atoms with van der Waals surface area (Å²) >= 11 is 0. The van der Waals surface area contributed by atoms with Gasteiger partial charge in [0.1, 0.15) is 0 Å². The second-order valence-electron chi connectivity index (χ2n) is 5.75. The fourth-order valence-electron chi connectivity index (χ4n) is 2.76. The van der Waals surface area contributed by atoms with Crippen LogP contribution in [-0.2, 0) is 4.74 Å². The molecule has 4 nitrogen and oxygen atoms in total. The van der Waals surface area contributed by atoms with E-state index >= 15 is 0 Å². The number of hydrogen-bond donors (Lipinski definition) is 1. The molecule has 0 spiro atoms. The molecule has 0 aliphatic carbocycles. The first-order valence-electron chi connectivity index (χ1n) is 7.72. The third kappa shape index (κ3) is 3.71. The highest BCUT2D eigenvalue weighted by Gasteiger charge is 2.14. The van der Waals surface area contributed by atoms with E-state index < -0.39 is 0 Å². The van der Waals surface area contributed by atoms with Crippen molar-refractivity contribution in [1.82, 2.24) is 14.9 Å². The van der Waals surface area contributed by atoms with Gasteiger partial charge in [0.2, 0.25) is 0 Å². The van der Waals surface area contributed by atoms with Crippen LogP contribution in [0.4, 0.5) is 0 Å². The highest BCUT2D eigenvalue weighted by Crippen LogP contribution is 2.18. The minimum absolute atomic E-state index is 0.379. The van der Waals surface area contributed by atoms with Crippen LogP contribution in [0.5, 0.6) is 0 Å². The molecular weight excluding hydrogens is 262 g/mol. The molecule has 1 aliphatic rings. The van der Waals surface area contributed by atoms with E-state index in [0.29, 0.717) is 6.04 Å². The zero-order chi connectivity index (χ0) is 14.5. The summed E-state index contributed by atoms with van der Waals surface area (Å²) in [6, 6.07) is 9.05. The van der Waals surface area contributed by atoms with Crippen molar-refractivity contribution in [2.45, 2.75) is 25.8 Å². The fourth-order valence-corrected chi connectivity index (χ4v) is 2.76. The molecule has 1 fully saturated rings. The first kappa shape index (κ1) is 14.3. The second kappa shape index (κ2) is 6.87. The van der Waals surface area contributed by atoms with Gasteiger partial charge in [-0.2, -0.15) is 0 Å². The molecule has 1 unspecified atom stereocenters. The molecule has 0 saturated carbocycles. The van der Waals surface area contributed by atoms with Crippen LogP contribution < -0.4 is 5.32 Å². The zero-order valence-electron chi connectivity index (χ0n) is 12.5. The topological polar surface area (TPSA) is 39.1 Å². The molecule has 21 heavy (non-hydrogen) atoms. The van der Waals surface area contributed by atoms with Crippen LogP contribution in [0.15, 0.2) is 43.0 Å². The maximum Gasteiger partial charge on any atom is 0.0991 e. The third-order valence-electron chi connectivity index (χ3n) is 4.25. The van der Waals surface area contributed by atoms with E-state index in [1.807, 2.05) is 17.1 Å². The van der Waals surface area contributed by atoms with Gasteiger partial charge in [0.05, 0.1) is 6.33 Å². The normalized spacial score (nSPS) is 17.8. The number of aromatic nitrogens is 2. The van der Waals surface area contributed by atoms with E-state index in [1.54, 1.807) is 6.20 Å². The SMILES string of the molecule is CC(NCC1CCOCC1)c1ccc(-n2ccnc2)cc1. The van der Waals surface area contributed by atoms with Crippen molar-refractivity contribution < 1.29 is 4.74 Å². The van der Waals surface area contributed by atoms with Crippen molar-refractivity contribution >= 4 is 0 Å². The van der Waals surface area contributed by atoms with Crippen LogP contribution in [0.25, 0.3) is 5.69 Å². The van der Waals surface area contributed by atoms with Gasteiger partial charge >= 0.3 is 0 Å². The molecule has 1 N–H and O–H groups in total. The molecule has 1 aromatic heterocycles. The molecule has 0 bridgehead atoms. The van der Waals surface area contributed by atoms with Gasteiger partial charge in [-0.3, -0.25) is 0 Å². The Morgan fingerprint density at radius 2 is 2.05 bits per heavy atom. The third-order valence-corrected chi connectivity index (χ3v) is 4.25. The fraction of sp³-hybridized carbons (Fsp3) is 0.471. The van der Waals surface area contributed by atoms with Gasteiger partial charge in [-0.05, 0) is 49.9 Å². The van der Waals surface area contributed by atoms with Gasteiger partial charge in [0.15, 0.2) is 0 Å².